The van der Waals surface area contributed by atoms with Crippen molar-refractivity contribution < 1.29 is 9.26 Å². The van der Waals surface area contributed by atoms with E-state index in [0.717, 1.165) is 46.3 Å². The van der Waals surface area contributed by atoms with Crippen LogP contribution in [0.1, 0.15) is 17.0 Å². The molecule has 2 aromatic heterocycles. The van der Waals surface area contributed by atoms with Gasteiger partial charge >= 0.3 is 0 Å². The molecule has 130 valence electrons. The van der Waals surface area contributed by atoms with Gasteiger partial charge in [0, 0.05) is 30.9 Å². The van der Waals surface area contributed by atoms with Gasteiger partial charge in [-0.3, -0.25) is 4.68 Å². The Morgan fingerprint density at radius 1 is 1.28 bits per heavy atom. The molecule has 25 heavy (non-hydrogen) atoms. The van der Waals surface area contributed by atoms with Crippen LogP contribution in [-0.4, -0.2) is 28.1 Å². The smallest absolute Gasteiger partial charge is 0.156 e. The first-order valence-corrected chi connectivity index (χ1v) is 8.31. The molecule has 0 radical (unpaired) electrons. The number of anilines is 1. The van der Waals surface area contributed by atoms with Crippen molar-refractivity contribution in [3.8, 4) is 17.0 Å². The Bertz CT molecular complexity index is 899. The Labute approximate surface area is 146 Å². The van der Waals surface area contributed by atoms with Crippen molar-refractivity contribution in [1.29, 1.82) is 0 Å². The summed E-state index contributed by atoms with van der Waals surface area (Å²) in [5.41, 5.74) is 10.7. The lowest BCUT2D eigenvalue weighted by Gasteiger charge is -2.30. The summed E-state index contributed by atoms with van der Waals surface area (Å²) in [6.45, 7) is 4.61. The highest BCUT2D eigenvalue weighted by molar-refractivity contribution is 5.63. The molecule has 0 bridgehead atoms. The molecule has 3 aromatic rings. The molecule has 1 aromatic carbocycles. The molecule has 1 aliphatic rings. The number of nitrogens with two attached hydrogens (primary N) is 1. The largest absolute Gasteiger partial charge is 0.490 e. The Morgan fingerprint density at radius 2 is 2.16 bits per heavy atom. The summed E-state index contributed by atoms with van der Waals surface area (Å²) >= 11 is 0. The van der Waals surface area contributed by atoms with E-state index < -0.39 is 0 Å². The van der Waals surface area contributed by atoms with E-state index in [1.165, 1.54) is 0 Å². The fraction of sp³-hybridized carbons (Fsp3) is 0.333. The average molecular weight is 339 g/mol. The second-order valence-electron chi connectivity index (χ2n) is 6.22. The van der Waals surface area contributed by atoms with Crippen LogP contribution in [0.25, 0.3) is 11.3 Å². The van der Waals surface area contributed by atoms with Crippen LogP contribution in [0.15, 0.2) is 35.0 Å². The third-order valence-corrected chi connectivity index (χ3v) is 4.64. The van der Waals surface area contributed by atoms with Gasteiger partial charge in [-0.1, -0.05) is 11.2 Å². The monoisotopic (exact) mass is 339 g/mol. The van der Waals surface area contributed by atoms with Crippen LogP contribution in [0.4, 0.5) is 5.69 Å². The van der Waals surface area contributed by atoms with Gasteiger partial charge in [-0.2, -0.15) is 5.10 Å². The summed E-state index contributed by atoms with van der Waals surface area (Å²) in [5, 5.41) is 8.47. The highest BCUT2D eigenvalue weighted by Gasteiger charge is 2.21. The molecule has 3 heterocycles. The lowest BCUT2D eigenvalue weighted by molar-refractivity contribution is 0.301. The number of nitrogens with zero attached hydrogens (tertiary/aromatic N) is 4. The van der Waals surface area contributed by atoms with Crippen LogP contribution in [0, 0.1) is 6.92 Å². The maximum Gasteiger partial charge on any atom is 0.156 e. The molecule has 0 fully saturated rings. The fourth-order valence-corrected chi connectivity index (χ4v) is 3.07. The normalized spacial score (nSPS) is 13.6. The van der Waals surface area contributed by atoms with E-state index >= 15 is 0 Å². The Hall–Kier alpha value is -2.80. The molecule has 0 amide bonds. The molecule has 0 saturated heterocycles. The van der Waals surface area contributed by atoms with Crippen LogP contribution < -0.4 is 15.4 Å². The summed E-state index contributed by atoms with van der Waals surface area (Å²) < 4.78 is 13.2. The van der Waals surface area contributed by atoms with Gasteiger partial charge in [0.1, 0.15) is 18.1 Å². The van der Waals surface area contributed by atoms with Crippen LogP contribution in [-0.2, 0) is 20.1 Å². The molecule has 0 aliphatic carbocycles. The maximum atomic E-state index is 5.77. The lowest BCUT2D eigenvalue weighted by atomic mass is 10.1. The quantitative estimate of drug-likeness (QED) is 0.785. The SMILES string of the molecule is Cc1c(-c2cc(CN3CCOc4cc(CN)ccc43)on2)cnn1C. The van der Waals surface area contributed by atoms with Crippen LogP contribution >= 0.6 is 0 Å². The van der Waals surface area contributed by atoms with Crippen molar-refractivity contribution in [3.05, 3.63) is 47.5 Å². The number of aryl methyl sites for hydroxylation is 1. The molecule has 7 heteroatoms. The van der Waals surface area contributed by atoms with Crippen LogP contribution in [0.2, 0.25) is 0 Å². The Morgan fingerprint density at radius 3 is 2.92 bits per heavy atom. The van der Waals surface area contributed by atoms with Crippen LogP contribution in [0.5, 0.6) is 5.75 Å². The summed E-state index contributed by atoms with van der Waals surface area (Å²) in [5.74, 6) is 1.69. The topological polar surface area (TPSA) is 82.3 Å². The van der Waals surface area contributed by atoms with Crippen molar-refractivity contribution in [3.63, 3.8) is 0 Å². The highest BCUT2D eigenvalue weighted by Crippen LogP contribution is 2.34. The van der Waals surface area contributed by atoms with Crippen molar-refractivity contribution in [2.75, 3.05) is 18.1 Å². The highest BCUT2D eigenvalue weighted by atomic mass is 16.5. The number of hydrogen-bond donors (Lipinski definition) is 1. The van der Waals surface area contributed by atoms with Gasteiger partial charge in [0.05, 0.1) is 25.0 Å². The van der Waals surface area contributed by atoms with E-state index in [1.807, 2.05) is 43.0 Å². The average Bonchev–Trinajstić information content (AvgIpc) is 3.22. The molecule has 2 N–H and O–H groups in total. The number of benzene rings is 1. The van der Waals surface area contributed by atoms with Gasteiger partial charge in [-0.25, -0.2) is 0 Å². The molecule has 0 unspecified atom stereocenters. The molecule has 1 aliphatic heterocycles. The first kappa shape index (κ1) is 15.7. The molecule has 4 rings (SSSR count). The van der Waals surface area contributed by atoms with E-state index in [9.17, 15) is 0 Å². The second-order valence-corrected chi connectivity index (χ2v) is 6.22. The summed E-state index contributed by atoms with van der Waals surface area (Å²) in [7, 11) is 1.92. The van der Waals surface area contributed by atoms with E-state index in [1.54, 1.807) is 0 Å². The lowest BCUT2D eigenvalue weighted by Crippen LogP contribution is -2.32. The maximum absolute atomic E-state index is 5.77. The standard InChI is InChI=1S/C18H21N5O2/c1-12-15(10-20-22(12)2)16-8-14(25-21-16)11-23-5-6-24-18-7-13(9-19)3-4-17(18)23/h3-4,7-8,10H,5-6,9,11,19H2,1-2H3. The summed E-state index contributed by atoms with van der Waals surface area (Å²) in [4.78, 5) is 2.24. The molecule has 7 nitrogen and oxygen atoms in total. The minimum Gasteiger partial charge on any atom is -0.490 e. The minimum absolute atomic E-state index is 0.507. The zero-order valence-corrected chi connectivity index (χ0v) is 14.4. The third kappa shape index (κ3) is 2.87. The van der Waals surface area contributed by atoms with Crippen molar-refractivity contribution in [1.82, 2.24) is 14.9 Å². The Kier molecular flexibility index (Phi) is 3.93. The number of hydrogen-bond acceptors (Lipinski definition) is 6. The third-order valence-electron chi connectivity index (χ3n) is 4.64. The number of ether oxygens (including phenoxy) is 1. The van der Waals surface area contributed by atoms with E-state index in [2.05, 4.69) is 21.2 Å². The summed E-state index contributed by atoms with van der Waals surface area (Å²) in [6.07, 6.45) is 1.81. The van der Waals surface area contributed by atoms with Gasteiger partial charge in [0.25, 0.3) is 0 Å². The van der Waals surface area contributed by atoms with Gasteiger partial charge < -0.3 is 19.9 Å². The van der Waals surface area contributed by atoms with Gasteiger partial charge in [0.2, 0.25) is 0 Å². The Balaban J connectivity index is 1.57. The predicted octanol–water partition coefficient (Wildman–Crippen LogP) is 2.24. The zero-order valence-electron chi connectivity index (χ0n) is 14.4. The molecular weight excluding hydrogens is 318 g/mol. The van der Waals surface area contributed by atoms with E-state index in [0.29, 0.717) is 19.7 Å². The first-order valence-electron chi connectivity index (χ1n) is 8.31. The van der Waals surface area contributed by atoms with Gasteiger partial charge in [-0.15, -0.1) is 0 Å². The summed E-state index contributed by atoms with van der Waals surface area (Å²) in [6, 6.07) is 8.07. The van der Waals surface area contributed by atoms with Crippen molar-refractivity contribution in [2.45, 2.75) is 20.0 Å². The first-order chi connectivity index (χ1) is 12.2. The number of fused-ring (bicyclic) bond motifs is 1. The van der Waals surface area contributed by atoms with E-state index in [-0.39, 0.29) is 0 Å². The molecule has 0 spiro atoms. The van der Waals surface area contributed by atoms with Gasteiger partial charge in [-0.05, 0) is 24.6 Å². The fourth-order valence-electron chi connectivity index (χ4n) is 3.07. The molecule has 0 atom stereocenters. The molecular formula is C18H21N5O2. The number of aromatic nitrogens is 3. The van der Waals surface area contributed by atoms with Crippen molar-refractivity contribution in [2.24, 2.45) is 12.8 Å². The second kappa shape index (κ2) is 6.25. The van der Waals surface area contributed by atoms with Crippen LogP contribution in [0.3, 0.4) is 0 Å². The van der Waals surface area contributed by atoms with E-state index in [4.69, 9.17) is 15.0 Å². The van der Waals surface area contributed by atoms with Crippen molar-refractivity contribution >= 4 is 5.69 Å². The van der Waals surface area contributed by atoms with Gasteiger partial charge in [0.15, 0.2) is 5.76 Å². The zero-order chi connectivity index (χ0) is 17.4. The minimum atomic E-state index is 0.507. The molecule has 0 saturated carbocycles. The predicted molar refractivity (Wildman–Crippen MR) is 94.3 cm³/mol. The number of rotatable bonds is 4.